The zero-order valence-electron chi connectivity index (χ0n) is 23.5. The predicted octanol–water partition coefficient (Wildman–Crippen LogP) is 4.51. The number of benzene rings is 2. The predicted molar refractivity (Wildman–Crippen MR) is 158 cm³/mol. The molecule has 0 bridgehead atoms. The lowest BCUT2D eigenvalue weighted by Crippen LogP contribution is -2.48. The monoisotopic (exact) mass is 541 g/mol. The van der Waals surface area contributed by atoms with Crippen molar-refractivity contribution in [1.29, 1.82) is 0 Å². The minimum Gasteiger partial charge on any atom is -0.465 e. The van der Waals surface area contributed by atoms with Crippen molar-refractivity contribution in [2.75, 3.05) is 66.9 Å². The molecule has 1 N–H and O–H groups in total. The third-order valence-corrected chi connectivity index (χ3v) is 7.41. The summed E-state index contributed by atoms with van der Waals surface area (Å²) in [6.45, 7) is 12.0. The lowest BCUT2D eigenvalue weighted by molar-refractivity contribution is 0.0601. The Kier molecular flexibility index (Phi) is 7.70. The fraction of sp³-hybridized carbons (Fsp3) is 0.333. The Morgan fingerprint density at radius 3 is 2.52 bits per heavy atom. The van der Waals surface area contributed by atoms with E-state index in [1.54, 1.807) is 28.1 Å². The van der Waals surface area contributed by atoms with E-state index in [0.717, 1.165) is 54.2 Å². The van der Waals surface area contributed by atoms with Gasteiger partial charge in [0, 0.05) is 50.2 Å². The molecule has 2 aliphatic rings. The maximum Gasteiger partial charge on any atom is 0.340 e. The maximum atomic E-state index is 13.7. The molecule has 0 saturated carbocycles. The molecule has 2 aliphatic heterocycles. The van der Waals surface area contributed by atoms with Crippen LogP contribution < -0.4 is 20.0 Å². The standard InChI is InChI=1S/C30H35N7O3/c1-6-12-36-27-22(19-37(30(36)39)26-20(2)8-7-9-21(26)3)18-31-29(33-27)32-23-10-11-25(24(17-23)28(38)40-5)35-15-13-34(4)14-16-35/h6-11,17-18H,1,12-16,19H2,2-5H3,(H,31,32,33). The van der Waals surface area contributed by atoms with E-state index in [-0.39, 0.29) is 6.03 Å². The number of ether oxygens (including phenoxy) is 1. The molecule has 5 rings (SSSR count). The van der Waals surface area contributed by atoms with Crippen LogP contribution in [0.1, 0.15) is 27.0 Å². The first-order valence-corrected chi connectivity index (χ1v) is 13.4. The average Bonchev–Trinajstić information content (AvgIpc) is 2.95. The Bertz CT molecular complexity index is 1430. The van der Waals surface area contributed by atoms with Crippen molar-refractivity contribution >= 4 is 40.8 Å². The number of esters is 1. The number of methoxy groups -OCH3 is 1. The van der Waals surface area contributed by atoms with Crippen LogP contribution in [0.15, 0.2) is 55.3 Å². The van der Waals surface area contributed by atoms with Crippen molar-refractivity contribution in [1.82, 2.24) is 14.9 Å². The van der Waals surface area contributed by atoms with Crippen molar-refractivity contribution < 1.29 is 14.3 Å². The van der Waals surface area contributed by atoms with Crippen LogP contribution in [0.4, 0.5) is 33.6 Å². The Hall–Kier alpha value is -4.44. The van der Waals surface area contributed by atoms with Crippen LogP contribution in [0.5, 0.6) is 0 Å². The van der Waals surface area contributed by atoms with Crippen LogP contribution in [-0.2, 0) is 11.3 Å². The summed E-state index contributed by atoms with van der Waals surface area (Å²) in [7, 11) is 3.48. The van der Waals surface area contributed by atoms with E-state index < -0.39 is 5.97 Å². The van der Waals surface area contributed by atoms with Crippen LogP contribution in [-0.4, -0.2) is 73.7 Å². The Morgan fingerprint density at radius 2 is 1.85 bits per heavy atom. The maximum absolute atomic E-state index is 13.7. The van der Waals surface area contributed by atoms with E-state index in [9.17, 15) is 9.59 Å². The number of nitrogens with zero attached hydrogens (tertiary/aromatic N) is 6. The molecule has 2 aromatic carbocycles. The molecule has 1 saturated heterocycles. The zero-order chi connectivity index (χ0) is 28.4. The van der Waals surface area contributed by atoms with Crippen LogP contribution in [0.25, 0.3) is 0 Å². The van der Waals surface area contributed by atoms with Crippen LogP contribution in [0.2, 0.25) is 0 Å². The quantitative estimate of drug-likeness (QED) is 0.345. The number of rotatable bonds is 7. The lowest BCUT2D eigenvalue weighted by Gasteiger charge is -2.37. The van der Waals surface area contributed by atoms with Gasteiger partial charge in [0.1, 0.15) is 5.82 Å². The van der Waals surface area contributed by atoms with Gasteiger partial charge in [0.05, 0.1) is 30.6 Å². The van der Waals surface area contributed by atoms with E-state index in [4.69, 9.17) is 9.72 Å². The number of fused-ring (bicyclic) bond motifs is 1. The van der Waals surface area contributed by atoms with Crippen molar-refractivity contribution in [3.05, 3.63) is 77.5 Å². The molecule has 1 fully saturated rings. The van der Waals surface area contributed by atoms with E-state index in [2.05, 4.69) is 33.7 Å². The fourth-order valence-corrected chi connectivity index (χ4v) is 5.32. The summed E-state index contributed by atoms with van der Waals surface area (Å²) >= 11 is 0. The number of amides is 2. The van der Waals surface area contributed by atoms with Gasteiger partial charge in [0.15, 0.2) is 0 Å². The summed E-state index contributed by atoms with van der Waals surface area (Å²) < 4.78 is 5.09. The molecular weight excluding hydrogens is 506 g/mol. The fourth-order valence-electron chi connectivity index (χ4n) is 5.32. The number of para-hydroxylation sites is 1. The smallest absolute Gasteiger partial charge is 0.340 e. The second-order valence-electron chi connectivity index (χ2n) is 10.2. The second kappa shape index (κ2) is 11.4. The number of hydrogen-bond acceptors (Lipinski definition) is 8. The number of hydrogen-bond donors (Lipinski definition) is 1. The molecule has 0 aliphatic carbocycles. The van der Waals surface area contributed by atoms with Gasteiger partial charge in [-0.3, -0.25) is 9.80 Å². The van der Waals surface area contributed by atoms with Gasteiger partial charge >= 0.3 is 12.0 Å². The third kappa shape index (κ3) is 5.22. The van der Waals surface area contributed by atoms with Gasteiger partial charge in [0.25, 0.3) is 0 Å². The van der Waals surface area contributed by atoms with Crippen LogP contribution in [0.3, 0.4) is 0 Å². The lowest BCUT2D eigenvalue weighted by atomic mass is 10.1. The second-order valence-corrected chi connectivity index (χ2v) is 10.2. The summed E-state index contributed by atoms with van der Waals surface area (Å²) in [5.41, 5.74) is 5.73. The number of likely N-dealkylation sites (N-methyl/N-ethyl adjacent to an activating group) is 1. The average molecular weight is 542 g/mol. The van der Waals surface area contributed by atoms with Gasteiger partial charge < -0.3 is 19.9 Å². The highest BCUT2D eigenvalue weighted by Crippen LogP contribution is 2.35. The van der Waals surface area contributed by atoms with Crippen molar-refractivity contribution in [2.45, 2.75) is 20.4 Å². The highest BCUT2D eigenvalue weighted by molar-refractivity contribution is 6.06. The molecule has 40 heavy (non-hydrogen) atoms. The molecule has 3 aromatic rings. The summed E-state index contributed by atoms with van der Waals surface area (Å²) in [6.07, 6.45) is 3.43. The van der Waals surface area contributed by atoms with Gasteiger partial charge in [-0.15, -0.1) is 6.58 Å². The minimum atomic E-state index is -0.404. The molecule has 2 amide bonds. The third-order valence-electron chi connectivity index (χ3n) is 7.41. The Balaban J connectivity index is 1.45. The first-order valence-electron chi connectivity index (χ1n) is 13.4. The molecule has 0 unspecified atom stereocenters. The molecule has 1 aromatic heterocycles. The van der Waals surface area contributed by atoms with Gasteiger partial charge in [0.2, 0.25) is 5.95 Å². The first kappa shape index (κ1) is 27.1. The number of urea groups is 1. The van der Waals surface area contributed by atoms with Gasteiger partial charge in [-0.25, -0.2) is 14.6 Å². The van der Waals surface area contributed by atoms with E-state index in [1.807, 2.05) is 44.2 Å². The Labute approximate surface area is 234 Å². The summed E-state index contributed by atoms with van der Waals surface area (Å²) in [5, 5.41) is 3.22. The number of nitrogens with one attached hydrogen (secondary N) is 1. The van der Waals surface area contributed by atoms with Crippen molar-refractivity contribution in [3.8, 4) is 0 Å². The molecule has 0 spiro atoms. The molecule has 0 atom stereocenters. The van der Waals surface area contributed by atoms with Gasteiger partial charge in [-0.1, -0.05) is 24.3 Å². The summed E-state index contributed by atoms with van der Waals surface area (Å²) in [4.78, 5) is 43.5. The first-order chi connectivity index (χ1) is 19.3. The highest BCUT2D eigenvalue weighted by atomic mass is 16.5. The summed E-state index contributed by atoms with van der Waals surface area (Å²) in [6, 6.07) is 11.4. The molecular formula is C30H35N7O3. The summed E-state index contributed by atoms with van der Waals surface area (Å²) in [5.74, 6) is 0.453. The van der Waals surface area contributed by atoms with Gasteiger partial charge in [-0.2, -0.15) is 4.98 Å². The van der Waals surface area contributed by atoms with E-state index >= 15 is 0 Å². The molecule has 10 nitrogen and oxygen atoms in total. The van der Waals surface area contributed by atoms with Crippen LogP contribution >= 0.6 is 0 Å². The molecule has 3 heterocycles. The number of piperazine rings is 1. The molecule has 208 valence electrons. The number of carbonyl (C=O) groups is 2. The van der Waals surface area contributed by atoms with Crippen LogP contribution in [0, 0.1) is 13.8 Å². The molecule has 0 radical (unpaired) electrons. The number of aromatic nitrogens is 2. The largest absolute Gasteiger partial charge is 0.465 e. The molecule has 10 heteroatoms. The zero-order valence-corrected chi connectivity index (χ0v) is 23.5. The Morgan fingerprint density at radius 1 is 1.12 bits per heavy atom. The topological polar surface area (TPSA) is 94.1 Å². The highest BCUT2D eigenvalue weighted by Gasteiger charge is 2.34. The normalized spacial score (nSPS) is 15.6. The number of aryl methyl sites for hydroxylation is 2. The van der Waals surface area contributed by atoms with Crippen molar-refractivity contribution in [2.24, 2.45) is 0 Å². The van der Waals surface area contributed by atoms with E-state index in [1.165, 1.54) is 7.11 Å². The van der Waals surface area contributed by atoms with E-state index in [0.29, 0.717) is 36.1 Å². The SMILES string of the molecule is C=CCN1C(=O)N(c2c(C)cccc2C)Cc2cnc(Nc3ccc(N4CCN(C)CC4)c(C(=O)OC)c3)nc21. The van der Waals surface area contributed by atoms with Gasteiger partial charge in [-0.05, 0) is 50.2 Å². The van der Waals surface area contributed by atoms with Crippen molar-refractivity contribution in [3.63, 3.8) is 0 Å². The minimum absolute atomic E-state index is 0.168. The number of anilines is 5. The number of carbonyl (C=O) groups excluding carboxylic acids is 2.